The van der Waals surface area contributed by atoms with Crippen molar-refractivity contribution in [1.82, 2.24) is 13.5 Å². The Morgan fingerprint density at radius 3 is 2.45 bits per heavy atom. The molecule has 0 N–H and O–H groups in total. The maximum atomic E-state index is 13.2. The third-order valence-electron chi connectivity index (χ3n) is 6.29. The Morgan fingerprint density at radius 1 is 1.14 bits per heavy atom. The van der Waals surface area contributed by atoms with Gasteiger partial charge in [0, 0.05) is 45.7 Å². The topological polar surface area (TPSA) is 74.1 Å². The molecule has 2 aliphatic rings. The summed E-state index contributed by atoms with van der Waals surface area (Å²) in [6.07, 6.45) is 2.91. The number of nitrogens with zero attached hydrogens (tertiary/aromatic N) is 3. The summed E-state index contributed by atoms with van der Waals surface area (Å²) in [4.78, 5) is 15.1. The third-order valence-corrected chi connectivity index (χ3v) is 8.23. The van der Waals surface area contributed by atoms with E-state index in [2.05, 4.69) is 12.1 Å². The molecule has 1 spiro atoms. The zero-order valence-electron chi connectivity index (χ0n) is 17.1. The Hall–Kier alpha value is -2.16. The van der Waals surface area contributed by atoms with E-state index >= 15 is 0 Å². The van der Waals surface area contributed by atoms with E-state index in [0.717, 1.165) is 5.56 Å². The molecule has 3 heterocycles. The number of carbonyl (C=O) groups excluding carboxylic acids is 1. The molecule has 1 amide bonds. The Bertz CT molecular complexity index is 1020. The van der Waals surface area contributed by atoms with E-state index in [4.69, 9.17) is 4.42 Å². The lowest BCUT2D eigenvalue weighted by Gasteiger charge is -2.48. The number of piperidine rings is 1. The molecule has 1 fully saturated rings. The van der Waals surface area contributed by atoms with Crippen LogP contribution in [0.1, 0.15) is 40.1 Å². The van der Waals surface area contributed by atoms with Crippen molar-refractivity contribution >= 4 is 16.1 Å². The summed E-state index contributed by atoms with van der Waals surface area (Å²) in [6.45, 7) is 3.83. The molecule has 0 aliphatic carbocycles. The predicted octanol–water partition coefficient (Wildman–Crippen LogP) is 2.38. The average Bonchev–Trinajstić information content (AvgIpc) is 3.13. The van der Waals surface area contributed by atoms with Crippen LogP contribution in [0.25, 0.3) is 0 Å². The summed E-state index contributed by atoms with van der Waals surface area (Å²) in [7, 11) is -0.312. The largest absolute Gasteiger partial charge is 0.469 e. The normalized spacial score (nSPS) is 19.5. The summed E-state index contributed by atoms with van der Waals surface area (Å²) in [5.74, 6) is 0.586. The van der Waals surface area contributed by atoms with Crippen molar-refractivity contribution in [3.8, 4) is 0 Å². The zero-order valence-corrected chi connectivity index (χ0v) is 17.9. The lowest BCUT2D eigenvalue weighted by atomic mass is 9.69. The molecule has 1 aromatic carbocycles. The number of benzene rings is 1. The van der Waals surface area contributed by atoms with Crippen LogP contribution in [0, 0.1) is 6.92 Å². The lowest BCUT2D eigenvalue weighted by Crippen LogP contribution is -2.55. The first-order chi connectivity index (χ1) is 13.7. The van der Waals surface area contributed by atoms with Gasteiger partial charge in [0.15, 0.2) is 0 Å². The molecule has 0 unspecified atom stereocenters. The van der Waals surface area contributed by atoms with Crippen molar-refractivity contribution in [2.75, 3.05) is 33.7 Å². The van der Waals surface area contributed by atoms with Gasteiger partial charge in [0.2, 0.25) is 0 Å². The maximum absolute atomic E-state index is 13.2. The molecule has 7 nitrogen and oxygen atoms in total. The van der Waals surface area contributed by atoms with Gasteiger partial charge in [-0.05, 0) is 37.0 Å². The number of furan rings is 1. The second-order valence-electron chi connectivity index (χ2n) is 8.18. The molecule has 1 saturated heterocycles. The number of hydrogen-bond donors (Lipinski definition) is 0. The minimum Gasteiger partial charge on any atom is -0.469 e. The fourth-order valence-electron chi connectivity index (χ4n) is 4.61. The Morgan fingerprint density at radius 2 is 1.83 bits per heavy atom. The van der Waals surface area contributed by atoms with Crippen molar-refractivity contribution in [1.29, 1.82) is 0 Å². The van der Waals surface area contributed by atoms with Crippen LogP contribution in [0.3, 0.4) is 0 Å². The van der Waals surface area contributed by atoms with Crippen LogP contribution in [0.5, 0.6) is 0 Å². The average molecular weight is 418 g/mol. The van der Waals surface area contributed by atoms with Gasteiger partial charge in [-0.3, -0.25) is 4.79 Å². The molecule has 0 bridgehead atoms. The Labute approximate surface area is 172 Å². The van der Waals surface area contributed by atoms with Gasteiger partial charge in [0.05, 0.1) is 11.8 Å². The minimum absolute atomic E-state index is 0.0338. The number of hydrogen-bond acceptors (Lipinski definition) is 4. The summed E-state index contributed by atoms with van der Waals surface area (Å²) < 4.78 is 33.2. The first kappa shape index (κ1) is 20.1. The number of fused-ring (bicyclic) bond motifs is 2. The van der Waals surface area contributed by atoms with Crippen LogP contribution in [0.2, 0.25) is 0 Å². The number of rotatable bonds is 3. The van der Waals surface area contributed by atoms with Crippen LogP contribution in [-0.4, -0.2) is 61.6 Å². The third kappa shape index (κ3) is 3.39. The van der Waals surface area contributed by atoms with Gasteiger partial charge in [-0.15, -0.1) is 0 Å². The fourth-order valence-corrected chi connectivity index (χ4v) is 5.72. The Balaban J connectivity index is 1.65. The van der Waals surface area contributed by atoms with Gasteiger partial charge in [-0.25, -0.2) is 0 Å². The van der Waals surface area contributed by atoms with E-state index in [1.165, 1.54) is 9.87 Å². The van der Waals surface area contributed by atoms with E-state index in [1.54, 1.807) is 37.7 Å². The highest BCUT2D eigenvalue weighted by Gasteiger charge is 2.45. The van der Waals surface area contributed by atoms with Crippen molar-refractivity contribution in [2.24, 2.45) is 0 Å². The summed E-state index contributed by atoms with van der Waals surface area (Å²) in [5.41, 5.74) is 2.74. The summed E-state index contributed by atoms with van der Waals surface area (Å²) >= 11 is 0. The van der Waals surface area contributed by atoms with Crippen LogP contribution in [-0.2, 0) is 22.2 Å². The fraction of sp³-hybridized carbons (Fsp3) is 0.476. The SMILES string of the molecule is Cc1occc1C(=O)N1Cc2ccccc2C2(CCN(S(=O)(=O)N(C)C)CC2)C1. The number of aryl methyl sites for hydroxylation is 1. The highest BCUT2D eigenvalue weighted by molar-refractivity contribution is 7.86. The standard InChI is InChI=1S/C21H27N3O4S/c1-16-18(8-13-28-16)20(25)23-14-17-6-4-5-7-19(17)21(15-23)9-11-24(12-10-21)29(26,27)22(2)3/h4-8,13H,9-12,14-15H2,1-3H3. The first-order valence-corrected chi connectivity index (χ1v) is 11.2. The molecule has 1 aromatic heterocycles. The summed E-state index contributed by atoms with van der Waals surface area (Å²) in [5, 5.41) is 0. The van der Waals surface area contributed by atoms with E-state index in [-0.39, 0.29) is 11.3 Å². The van der Waals surface area contributed by atoms with Gasteiger partial charge < -0.3 is 9.32 Å². The molecule has 0 radical (unpaired) electrons. The molecule has 29 heavy (non-hydrogen) atoms. The van der Waals surface area contributed by atoms with Crippen molar-refractivity contribution in [2.45, 2.75) is 31.7 Å². The van der Waals surface area contributed by atoms with Crippen molar-refractivity contribution in [3.05, 3.63) is 59.0 Å². The van der Waals surface area contributed by atoms with Crippen LogP contribution in [0.4, 0.5) is 0 Å². The molecule has 8 heteroatoms. The molecular formula is C21H27N3O4S. The monoisotopic (exact) mass is 417 g/mol. The maximum Gasteiger partial charge on any atom is 0.281 e. The highest BCUT2D eigenvalue weighted by Crippen LogP contribution is 2.42. The second-order valence-corrected chi connectivity index (χ2v) is 10.3. The quantitative estimate of drug-likeness (QED) is 0.769. The van der Waals surface area contributed by atoms with Crippen LogP contribution >= 0.6 is 0 Å². The van der Waals surface area contributed by atoms with Gasteiger partial charge in [0.25, 0.3) is 16.1 Å². The van der Waals surface area contributed by atoms with E-state index in [1.807, 2.05) is 17.0 Å². The lowest BCUT2D eigenvalue weighted by molar-refractivity contribution is 0.0616. The molecule has 156 valence electrons. The molecule has 2 aromatic rings. The van der Waals surface area contributed by atoms with E-state index in [0.29, 0.717) is 50.3 Å². The molecule has 2 aliphatic heterocycles. The number of carbonyl (C=O) groups is 1. The zero-order chi connectivity index (χ0) is 20.8. The van der Waals surface area contributed by atoms with Gasteiger partial charge in [0.1, 0.15) is 5.76 Å². The number of amides is 1. The summed E-state index contributed by atoms with van der Waals surface area (Å²) in [6, 6.07) is 9.95. The van der Waals surface area contributed by atoms with Crippen LogP contribution < -0.4 is 0 Å². The van der Waals surface area contributed by atoms with Crippen LogP contribution in [0.15, 0.2) is 41.0 Å². The molecule has 0 saturated carbocycles. The van der Waals surface area contributed by atoms with Crippen molar-refractivity contribution in [3.63, 3.8) is 0 Å². The van der Waals surface area contributed by atoms with E-state index in [9.17, 15) is 13.2 Å². The Kier molecular flexibility index (Phi) is 5.04. The molecule has 4 rings (SSSR count). The van der Waals surface area contributed by atoms with Crippen molar-refractivity contribution < 1.29 is 17.6 Å². The smallest absolute Gasteiger partial charge is 0.281 e. The van der Waals surface area contributed by atoms with E-state index < -0.39 is 10.2 Å². The molecular weight excluding hydrogens is 390 g/mol. The minimum atomic E-state index is -3.43. The predicted molar refractivity (Wildman–Crippen MR) is 110 cm³/mol. The van der Waals surface area contributed by atoms with Gasteiger partial charge >= 0.3 is 0 Å². The molecule has 0 atom stereocenters. The highest BCUT2D eigenvalue weighted by atomic mass is 32.2. The second kappa shape index (κ2) is 7.27. The van der Waals surface area contributed by atoms with Gasteiger partial charge in [-0.1, -0.05) is 24.3 Å². The van der Waals surface area contributed by atoms with Gasteiger partial charge in [-0.2, -0.15) is 17.0 Å². The first-order valence-electron chi connectivity index (χ1n) is 9.84.